The molecule has 7 heteroatoms. The first-order valence-electron chi connectivity index (χ1n) is 9.70. The van der Waals surface area contributed by atoms with Crippen LogP contribution in [0.25, 0.3) is 10.9 Å². The number of carboxylic acid groups (broad SMARTS) is 1. The molecular formula is C22H20FNO4S. The van der Waals surface area contributed by atoms with Crippen molar-refractivity contribution in [1.29, 1.82) is 0 Å². The van der Waals surface area contributed by atoms with Crippen molar-refractivity contribution in [2.24, 2.45) is 5.92 Å². The first-order chi connectivity index (χ1) is 13.8. The number of carboxylic acids is 1. The molecule has 2 aliphatic heterocycles. The highest BCUT2D eigenvalue weighted by molar-refractivity contribution is 7.91. The number of rotatable bonds is 3. The van der Waals surface area contributed by atoms with Crippen molar-refractivity contribution in [1.82, 2.24) is 4.57 Å². The van der Waals surface area contributed by atoms with E-state index in [1.807, 2.05) is 16.7 Å². The Morgan fingerprint density at radius 1 is 1.17 bits per heavy atom. The van der Waals surface area contributed by atoms with Gasteiger partial charge in [0.05, 0.1) is 16.6 Å². The molecule has 150 valence electrons. The van der Waals surface area contributed by atoms with Gasteiger partial charge in [-0.25, -0.2) is 12.8 Å². The Hall–Kier alpha value is -2.67. The summed E-state index contributed by atoms with van der Waals surface area (Å²) in [6.07, 6.45) is 2.27. The van der Waals surface area contributed by atoms with Gasteiger partial charge in [0.15, 0.2) is 9.84 Å². The third kappa shape index (κ3) is 2.95. The number of hydrogen-bond donors (Lipinski definition) is 1. The number of hydrogen-bond acceptors (Lipinski definition) is 3. The molecule has 0 saturated heterocycles. The highest BCUT2D eigenvalue weighted by Gasteiger charge is 2.29. The normalized spacial score (nSPS) is 19.8. The molecule has 1 atom stereocenters. The van der Waals surface area contributed by atoms with E-state index in [-0.39, 0.29) is 11.6 Å². The first-order valence-corrected chi connectivity index (χ1v) is 11.4. The van der Waals surface area contributed by atoms with Crippen LogP contribution < -0.4 is 0 Å². The fourth-order valence-electron chi connectivity index (χ4n) is 4.76. The van der Waals surface area contributed by atoms with E-state index in [0.29, 0.717) is 37.1 Å². The minimum absolute atomic E-state index is 0.151. The summed E-state index contributed by atoms with van der Waals surface area (Å²) in [6.45, 7) is 0.384. The van der Waals surface area contributed by atoms with Gasteiger partial charge in [0.1, 0.15) is 5.82 Å². The molecular weight excluding hydrogens is 393 g/mol. The predicted molar refractivity (Wildman–Crippen MR) is 106 cm³/mol. The monoisotopic (exact) mass is 413 g/mol. The second-order valence-electron chi connectivity index (χ2n) is 7.96. The third-order valence-corrected chi connectivity index (χ3v) is 8.02. The Balaban J connectivity index is 1.61. The van der Waals surface area contributed by atoms with Crippen LogP contribution in [-0.4, -0.2) is 29.8 Å². The molecule has 0 radical (unpaired) electrons. The molecule has 1 unspecified atom stereocenters. The van der Waals surface area contributed by atoms with E-state index in [0.717, 1.165) is 33.3 Å². The number of aliphatic carboxylic acids is 1. The smallest absolute Gasteiger partial charge is 0.308 e. The average Bonchev–Trinajstić information content (AvgIpc) is 3.15. The van der Waals surface area contributed by atoms with E-state index in [9.17, 15) is 22.7 Å². The minimum Gasteiger partial charge on any atom is -0.481 e. The van der Waals surface area contributed by atoms with Crippen molar-refractivity contribution in [3.05, 3.63) is 64.6 Å². The molecule has 2 aliphatic rings. The summed E-state index contributed by atoms with van der Waals surface area (Å²) in [5.74, 6) is -1.42. The van der Waals surface area contributed by atoms with Gasteiger partial charge in [0.25, 0.3) is 0 Å². The lowest BCUT2D eigenvalue weighted by atomic mass is 9.94. The van der Waals surface area contributed by atoms with Crippen LogP contribution in [0.2, 0.25) is 0 Å². The summed E-state index contributed by atoms with van der Waals surface area (Å²) in [6, 6.07) is 10.1. The van der Waals surface area contributed by atoms with Crippen LogP contribution in [0.4, 0.5) is 4.39 Å². The number of halogens is 1. The number of aromatic nitrogens is 1. The Labute approximate surface area is 167 Å². The Kier molecular flexibility index (Phi) is 4.07. The van der Waals surface area contributed by atoms with Gasteiger partial charge in [-0.2, -0.15) is 0 Å². The van der Waals surface area contributed by atoms with Gasteiger partial charge in [0, 0.05) is 23.1 Å². The van der Waals surface area contributed by atoms with Crippen molar-refractivity contribution in [3.8, 4) is 0 Å². The molecule has 1 aromatic heterocycles. The topological polar surface area (TPSA) is 76.4 Å². The van der Waals surface area contributed by atoms with Gasteiger partial charge >= 0.3 is 5.97 Å². The maximum atomic E-state index is 14.0. The molecule has 0 amide bonds. The van der Waals surface area contributed by atoms with Gasteiger partial charge in [-0.05, 0) is 66.6 Å². The average molecular weight is 413 g/mol. The van der Waals surface area contributed by atoms with Crippen LogP contribution in [0, 0.1) is 11.7 Å². The molecule has 29 heavy (non-hydrogen) atoms. The van der Waals surface area contributed by atoms with Gasteiger partial charge < -0.3 is 9.67 Å². The predicted octanol–water partition coefficient (Wildman–Crippen LogP) is 3.35. The van der Waals surface area contributed by atoms with Crippen molar-refractivity contribution in [2.75, 3.05) is 5.75 Å². The molecule has 0 spiro atoms. The largest absolute Gasteiger partial charge is 0.481 e. The van der Waals surface area contributed by atoms with E-state index in [4.69, 9.17) is 0 Å². The summed E-state index contributed by atoms with van der Waals surface area (Å²) < 4.78 is 40.2. The van der Waals surface area contributed by atoms with Crippen LogP contribution in [0.15, 0.2) is 41.3 Å². The van der Waals surface area contributed by atoms with E-state index in [1.165, 1.54) is 12.1 Å². The van der Waals surface area contributed by atoms with Crippen molar-refractivity contribution < 1.29 is 22.7 Å². The lowest BCUT2D eigenvalue weighted by molar-refractivity contribution is -0.142. The third-order valence-electron chi connectivity index (χ3n) is 6.21. The molecule has 1 N–H and O–H groups in total. The minimum atomic E-state index is -3.16. The van der Waals surface area contributed by atoms with Gasteiger partial charge in [0.2, 0.25) is 0 Å². The zero-order valence-corrected chi connectivity index (χ0v) is 16.5. The zero-order valence-electron chi connectivity index (χ0n) is 15.7. The summed E-state index contributed by atoms with van der Waals surface area (Å²) >= 11 is 0. The van der Waals surface area contributed by atoms with Crippen molar-refractivity contribution in [3.63, 3.8) is 0 Å². The SMILES string of the molecule is O=C(O)C1CCc2c(Cc3ccc4c(c3)CCS4(=O)=O)c3cc(F)ccc3n2C1. The molecule has 5 rings (SSSR count). The number of fused-ring (bicyclic) bond motifs is 4. The van der Waals surface area contributed by atoms with Crippen LogP contribution in [0.1, 0.15) is 28.8 Å². The highest BCUT2D eigenvalue weighted by atomic mass is 32.2. The van der Waals surface area contributed by atoms with Crippen LogP contribution in [0.3, 0.4) is 0 Å². The summed E-state index contributed by atoms with van der Waals surface area (Å²) in [4.78, 5) is 11.9. The summed E-state index contributed by atoms with van der Waals surface area (Å²) in [5.41, 5.74) is 4.74. The zero-order chi connectivity index (χ0) is 20.3. The van der Waals surface area contributed by atoms with Crippen molar-refractivity contribution >= 4 is 26.7 Å². The quantitative estimate of drug-likeness (QED) is 0.715. The first kappa shape index (κ1) is 18.4. The van der Waals surface area contributed by atoms with E-state index >= 15 is 0 Å². The van der Waals surface area contributed by atoms with Gasteiger partial charge in [-0.3, -0.25) is 4.79 Å². The molecule has 3 aromatic rings. The lowest BCUT2D eigenvalue weighted by Gasteiger charge is -2.23. The molecule has 0 saturated carbocycles. The highest BCUT2D eigenvalue weighted by Crippen LogP contribution is 2.35. The second-order valence-corrected chi connectivity index (χ2v) is 10.0. The van der Waals surface area contributed by atoms with Crippen LogP contribution in [0.5, 0.6) is 0 Å². The number of carbonyl (C=O) groups is 1. The van der Waals surface area contributed by atoms with E-state index < -0.39 is 21.7 Å². The molecule has 2 aromatic carbocycles. The number of nitrogens with zero attached hydrogens (tertiary/aromatic N) is 1. The fraction of sp³-hybridized carbons (Fsp3) is 0.318. The van der Waals surface area contributed by atoms with E-state index in [2.05, 4.69) is 0 Å². The standard InChI is InChI=1S/C22H20FNO4S/c23-16-3-5-20-18(11-16)17(19-4-2-15(22(25)26)12-24(19)20)10-13-1-6-21-14(9-13)7-8-29(21,27)28/h1,3,5-6,9,11,15H,2,4,7-8,10,12H2,(H,25,26). The fourth-order valence-corrected chi connectivity index (χ4v) is 6.31. The molecule has 0 aliphatic carbocycles. The Morgan fingerprint density at radius 3 is 2.79 bits per heavy atom. The molecule has 5 nitrogen and oxygen atoms in total. The maximum absolute atomic E-state index is 14.0. The summed E-state index contributed by atoms with van der Waals surface area (Å²) in [5, 5.41) is 10.2. The van der Waals surface area contributed by atoms with Crippen molar-refractivity contribution in [2.45, 2.75) is 37.1 Å². The van der Waals surface area contributed by atoms with Gasteiger partial charge in [-0.15, -0.1) is 0 Å². The lowest BCUT2D eigenvalue weighted by Crippen LogP contribution is -2.26. The maximum Gasteiger partial charge on any atom is 0.308 e. The van der Waals surface area contributed by atoms with Gasteiger partial charge in [-0.1, -0.05) is 12.1 Å². The Morgan fingerprint density at radius 2 is 2.00 bits per heavy atom. The van der Waals surface area contributed by atoms with Crippen LogP contribution >= 0.6 is 0 Å². The van der Waals surface area contributed by atoms with Crippen LogP contribution in [-0.2, 0) is 40.4 Å². The summed E-state index contributed by atoms with van der Waals surface area (Å²) in [7, 11) is -3.16. The molecule has 0 fully saturated rings. The second kappa shape index (κ2) is 6.42. The number of benzene rings is 2. The Bertz CT molecular complexity index is 1280. The number of sulfone groups is 1. The van der Waals surface area contributed by atoms with E-state index in [1.54, 1.807) is 12.1 Å². The number of aryl methyl sites for hydroxylation is 1. The molecule has 3 heterocycles. The molecule has 0 bridgehead atoms.